The number of ether oxygens (including phenoxy) is 1. The molecule has 0 aliphatic heterocycles. The zero-order valence-corrected chi connectivity index (χ0v) is 14.2. The van der Waals surface area contributed by atoms with Gasteiger partial charge in [-0.3, -0.25) is 0 Å². The molecule has 5 heteroatoms. The molecule has 0 bridgehead atoms. The van der Waals surface area contributed by atoms with Crippen molar-refractivity contribution in [3.05, 3.63) is 45.3 Å². The Morgan fingerprint density at radius 2 is 2.14 bits per heavy atom. The normalized spacial score (nSPS) is 12.4. The van der Waals surface area contributed by atoms with Crippen LogP contribution < -0.4 is 10.5 Å². The van der Waals surface area contributed by atoms with Crippen molar-refractivity contribution in [2.24, 2.45) is 5.73 Å². The average molecular weight is 353 g/mol. The summed E-state index contributed by atoms with van der Waals surface area (Å²) in [5.41, 5.74) is 9.05. The molecule has 0 saturated carbocycles. The number of para-hydroxylation sites is 1. The van der Waals surface area contributed by atoms with Gasteiger partial charge in [-0.15, -0.1) is 0 Å². The van der Waals surface area contributed by atoms with Crippen LogP contribution in [0.3, 0.4) is 0 Å². The van der Waals surface area contributed by atoms with E-state index in [0.717, 1.165) is 45.6 Å². The van der Waals surface area contributed by atoms with E-state index in [1.54, 1.807) is 0 Å². The zero-order valence-electron chi connectivity index (χ0n) is 12.6. The van der Waals surface area contributed by atoms with E-state index < -0.39 is 0 Å². The number of hydrogen-bond acceptors (Lipinski definition) is 4. The van der Waals surface area contributed by atoms with Crippen molar-refractivity contribution in [2.45, 2.75) is 46.3 Å². The zero-order chi connectivity index (χ0) is 15.4. The first-order valence-corrected chi connectivity index (χ1v) is 7.89. The van der Waals surface area contributed by atoms with Gasteiger partial charge in [-0.25, -0.2) is 0 Å². The van der Waals surface area contributed by atoms with Crippen molar-refractivity contribution in [3.63, 3.8) is 0 Å². The lowest BCUT2D eigenvalue weighted by Crippen LogP contribution is -2.21. The van der Waals surface area contributed by atoms with Crippen molar-refractivity contribution < 1.29 is 9.26 Å². The van der Waals surface area contributed by atoms with Crippen LogP contribution in [0.2, 0.25) is 0 Å². The third-order valence-corrected chi connectivity index (χ3v) is 4.22. The molecule has 0 amide bonds. The van der Waals surface area contributed by atoms with E-state index in [9.17, 15) is 0 Å². The van der Waals surface area contributed by atoms with Crippen LogP contribution in [0.25, 0.3) is 0 Å². The molecule has 2 N–H and O–H groups in total. The maximum Gasteiger partial charge on any atom is 0.140 e. The fraction of sp³-hybridized carbons (Fsp3) is 0.438. The molecule has 0 radical (unpaired) electrons. The SMILES string of the molecule is CCC(N)Cc1cccc(Br)c1OCc1c(C)noc1C. The van der Waals surface area contributed by atoms with Gasteiger partial charge in [-0.2, -0.15) is 0 Å². The van der Waals surface area contributed by atoms with E-state index >= 15 is 0 Å². The van der Waals surface area contributed by atoms with Gasteiger partial charge in [0.15, 0.2) is 0 Å². The van der Waals surface area contributed by atoms with Gasteiger partial charge in [0.05, 0.1) is 15.7 Å². The molecule has 0 aliphatic rings. The van der Waals surface area contributed by atoms with Crippen LogP contribution in [0.5, 0.6) is 5.75 Å². The Morgan fingerprint density at radius 1 is 1.38 bits per heavy atom. The Hall–Kier alpha value is -1.33. The Bertz CT molecular complexity index is 591. The first-order valence-electron chi connectivity index (χ1n) is 7.10. The summed E-state index contributed by atoms with van der Waals surface area (Å²) in [6.07, 6.45) is 1.74. The summed E-state index contributed by atoms with van der Waals surface area (Å²) in [4.78, 5) is 0. The molecule has 1 atom stereocenters. The van der Waals surface area contributed by atoms with Crippen LogP contribution in [0.4, 0.5) is 0 Å². The molecule has 0 fully saturated rings. The summed E-state index contributed by atoms with van der Waals surface area (Å²) in [7, 11) is 0. The monoisotopic (exact) mass is 352 g/mol. The average Bonchev–Trinajstić information content (AvgIpc) is 2.77. The quantitative estimate of drug-likeness (QED) is 0.855. The summed E-state index contributed by atoms with van der Waals surface area (Å²) >= 11 is 3.56. The van der Waals surface area contributed by atoms with Gasteiger partial charge in [0, 0.05) is 6.04 Å². The van der Waals surface area contributed by atoms with E-state index in [0.29, 0.717) is 6.61 Å². The van der Waals surface area contributed by atoms with E-state index in [1.165, 1.54) is 0 Å². The predicted octanol–water partition coefficient (Wildman–Crippen LogP) is 3.91. The van der Waals surface area contributed by atoms with E-state index in [4.69, 9.17) is 15.0 Å². The third kappa shape index (κ3) is 3.86. The lowest BCUT2D eigenvalue weighted by Gasteiger charge is -2.15. The number of benzene rings is 1. The van der Waals surface area contributed by atoms with Crippen molar-refractivity contribution in [2.75, 3.05) is 0 Å². The van der Waals surface area contributed by atoms with Crippen molar-refractivity contribution in [1.82, 2.24) is 5.16 Å². The summed E-state index contributed by atoms with van der Waals surface area (Å²) in [6.45, 7) is 6.35. The molecule has 0 aliphatic carbocycles. The minimum absolute atomic E-state index is 0.140. The Labute approximate surface area is 133 Å². The van der Waals surface area contributed by atoms with Gasteiger partial charge in [0.25, 0.3) is 0 Å². The molecular weight excluding hydrogens is 332 g/mol. The molecule has 0 saturated heterocycles. The molecule has 1 aromatic heterocycles. The van der Waals surface area contributed by atoms with Gasteiger partial charge < -0.3 is 15.0 Å². The predicted molar refractivity (Wildman–Crippen MR) is 86.4 cm³/mol. The molecular formula is C16H21BrN2O2. The van der Waals surface area contributed by atoms with Gasteiger partial charge in [0.1, 0.15) is 18.1 Å². The number of aromatic nitrogens is 1. The van der Waals surface area contributed by atoms with Crippen LogP contribution >= 0.6 is 15.9 Å². The number of nitrogens with zero attached hydrogens (tertiary/aromatic N) is 1. The molecule has 0 spiro atoms. The summed E-state index contributed by atoms with van der Waals surface area (Å²) in [5.74, 6) is 1.65. The number of halogens is 1. The summed E-state index contributed by atoms with van der Waals surface area (Å²) < 4.78 is 12.1. The number of nitrogens with two attached hydrogens (primary N) is 1. The van der Waals surface area contributed by atoms with Gasteiger partial charge in [0.2, 0.25) is 0 Å². The highest BCUT2D eigenvalue weighted by Crippen LogP contribution is 2.31. The first kappa shape index (κ1) is 16.0. The lowest BCUT2D eigenvalue weighted by atomic mass is 10.0. The minimum atomic E-state index is 0.140. The maximum atomic E-state index is 6.07. The molecule has 4 nitrogen and oxygen atoms in total. The molecule has 21 heavy (non-hydrogen) atoms. The molecule has 1 aromatic carbocycles. The lowest BCUT2D eigenvalue weighted by molar-refractivity contribution is 0.296. The smallest absolute Gasteiger partial charge is 0.140 e. The van der Waals surface area contributed by atoms with Crippen LogP contribution in [-0.4, -0.2) is 11.2 Å². The molecule has 2 aromatic rings. The first-order chi connectivity index (χ1) is 10.0. The number of hydrogen-bond donors (Lipinski definition) is 1. The van der Waals surface area contributed by atoms with Gasteiger partial charge >= 0.3 is 0 Å². The highest BCUT2D eigenvalue weighted by atomic mass is 79.9. The molecule has 1 heterocycles. The second kappa shape index (κ2) is 7.09. The highest BCUT2D eigenvalue weighted by Gasteiger charge is 2.14. The molecule has 1 unspecified atom stereocenters. The maximum absolute atomic E-state index is 6.07. The van der Waals surface area contributed by atoms with Crippen LogP contribution in [-0.2, 0) is 13.0 Å². The fourth-order valence-corrected chi connectivity index (χ4v) is 2.68. The second-order valence-corrected chi connectivity index (χ2v) is 6.05. The van der Waals surface area contributed by atoms with Crippen molar-refractivity contribution in [3.8, 4) is 5.75 Å². The standard InChI is InChI=1S/C16H21BrN2O2/c1-4-13(18)8-12-6-5-7-15(17)16(12)20-9-14-10(2)19-21-11(14)3/h5-7,13H,4,8-9,18H2,1-3H3. The van der Waals surface area contributed by atoms with Crippen LogP contribution in [0, 0.1) is 13.8 Å². The molecule has 2 rings (SSSR count). The van der Waals surface area contributed by atoms with Gasteiger partial charge in [-0.1, -0.05) is 24.2 Å². The number of rotatable bonds is 6. The van der Waals surface area contributed by atoms with E-state index in [1.807, 2.05) is 26.0 Å². The minimum Gasteiger partial charge on any atom is -0.487 e. The van der Waals surface area contributed by atoms with E-state index in [-0.39, 0.29) is 6.04 Å². The van der Waals surface area contributed by atoms with Crippen molar-refractivity contribution >= 4 is 15.9 Å². The summed E-state index contributed by atoms with van der Waals surface area (Å²) in [5, 5.41) is 3.95. The van der Waals surface area contributed by atoms with Gasteiger partial charge in [-0.05, 0) is 54.2 Å². The number of aryl methyl sites for hydroxylation is 2. The van der Waals surface area contributed by atoms with E-state index in [2.05, 4.69) is 34.1 Å². The third-order valence-electron chi connectivity index (χ3n) is 3.60. The Balaban J connectivity index is 2.19. The van der Waals surface area contributed by atoms with Crippen LogP contribution in [0.15, 0.2) is 27.2 Å². The largest absolute Gasteiger partial charge is 0.487 e. The Kier molecular flexibility index (Phi) is 5.42. The topological polar surface area (TPSA) is 61.3 Å². The van der Waals surface area contributed by atoms with Crippen LogP contribution in [0.1, 0.15) is 35.9 Å². The highest BCUT2D eigenvalue weighted by molar-refractivity contribution is 9.10. The second-order valence-electron chi connectivity index (χ2n) is 5.19. The summed E-state index contributed by atoms with van der Waals surface area (Å²) in [6, 6.07) is 6.18. The van der Waals surface area contributed by atoms with Crippen molar-refractivity contribution in [1.29, 1.82) is 0 Å². The fourth-order valence-electron chi connectivity index (χ4n) is 2.15. The Morgan fingerprint density at radius 3 is 2.76 bits per heavy atom. The molecule has 114 valence electrons.